The van der Waals surface area contributed by atoms with Crippen molar-refractivity contribution in [3.05, 3.63) is 4.88 Å². The maximum absolute atomic E-state index is 12.2. The Morgan fingerprint density at radius 3 is 2.76 bits per heavy atom. The summed E-state index contributed by atoms with van der Waals surface area (Å²) in [7, 11) is 0. The zero-order valence-corrected chi connectivity index (χ0v) is 13.0. The van der Waals surface area contributed by atoms with Crippen LogP contribution in [0.3, 0.4) is 0 Å². The molecule has 2 heterocycles. The quantitative estimate of drug-likeness (QED) is 0.742. The molecule has 1 aromatic heterocycles. The van der Waals surface area contributed by atoms with Gasteiger partial charge >= 0.3 is 0 Å². The molecule has 0 unspecified atom stereocenters. The third kappa shape index (κ3) is 3.65. The Bertz CT molecular complexity index is 494. The minimum Gasteiger partial charge on any atom is -0.382 e. The van der Waals surface area contributed by atoms with E-state index >= 15 is 0 Å². The van der Waals surface area contributed by atoms with Crippen molar-refractivity contribution < 1.29 is 4.79 Å². The van der Waals surface area contributed by atoms with Gasteiger partial charge in [-0.05, 0) is 45.2 Å². The van der Waals surface area contributed by atoms with Crippen LogP contribution in [0.4, 0.5) is 10.9 Å². The summed E-state index contributed by atoms with van der Waals surface area (Å²) in [5, 5.41) is 7.04. The molecule has 3 rings (SSSR count). The first-order valence-corrected chi connectivity index (χ1v) is 8.57. The van der Waals surface area contributed by atoms with Crippen LogP contribution < -0.4 is 16.4 Å². The normalized spacial score (nSPS) is 19.4. The van der Waals surface area contributed by atoms with Crippen LogP contribution in [-0.4, -0.2) is 48.0 Å². The molecule has 4 N–H and O–H groups in total. The second-order valence-electron chi connectivity index (χ2n) is 5.81. The molecule has 0 aromatic carbocycles. The zero-order chi connectivity index (χ0) is 14.7. The minimum absolute atomic E-state index is 0.106. The van der Waals surface area contributed by atoms with Crippen molar-refractivity contribution in [1.29, 1.82) is 0 Å². The number of likely N-dealkylation sites (tertiary alicyclic amines) is 1. The summed E-state index contributed by atoms with van der Waals surface area (Å²) in [6.07, 6.45) is 6.16. The van der Waals surface area contributed by atoms with E-state index in [-0.39, 0.29) is 5.91 Å². The first-order chi connectivity index (χ1) is 10.2. The second-order valence-corrected chi connectivity index (χ2v) is 6.81. The predicted octanol–water partition coefficient (Wildman–Crippen LogP) is 1.52. The number of nitrogens with one attached hydrogen (secondary N) is 2. The zero-order valence-electron chi connectivity index (χ0n) is 12.2. The first-order valence-electron chi connectivity index (χ1n) is 7.76. The topological polar surface area (TPSA) is 83.3 Å². The number of hydrogen-bond acceptors (Lipinski definition) is 6. The van der Waals surface area contributed by atoms with E-state index in [4.69, 9.17) is 5.73 Å². The Morgan fingerprint density at radius 2 is 2.10 bits per heavy atom. The van der Waals surface area contributed by atoms with Crippen molar-refractivity contribution in [2.24, 2.45) is 0 Å². The fourth-order valence-electron chi connectivity index (χ4n) is 2.70. The Labute approximate surface area is 129 Å². The number of carbonyl (C=O) groups is 1. The number of carbonyl (C=O) groups excluding carboxylic acids is 1. The van der Waals surface area contributed by atoms with E-state index in [0.717, 1.165) is 24.8 Å². The van der Waals surface area contributed by atoms with Gasteiger partial charge in [-0.15, -0.1) is 0 Å². The number of nitrogen functional groups attached to an aromatic ring is 1. The number of amides is 1. The summed E-state index contributed by atoms with van der Waals surface area (Å²) in [6, 6.07) is 0.502. The van der Waals surface area contributed by atoms with Gasteiger partial charge in [0.05, 0.1) is 0 Å². The van der Waals surface area contributed by atoms with Crippen molar-refractivity contribution in [3.8, 4) is 0 Å². The Morgan fingerprint density at radius 1 is 1.33 bits per heavy atom. The number of nitrogens with zero attached hydrogens (tertiary/aromatic N) is 2. The van der Waals surface area contributed by atoms with E-state index in [0.29, 0.717) is 23.3 Å². The Kier molecular flexibility index (Phi) is 4.60. The fraction of sp³-hybridized carbons (Fsp3) is 0.714. The van der Waals surface area contributed by atoms with Gasteiger partial charge in [0.2, 0.25) is 0 Å². The van der Waals surface area contributed by atoms with Crippen molar-refractivity contribution >= 4 is 28.2 Å². The number of anilines is 2. The molecular formula is C14H23N5OS. The number of rotatable bonds is 6. The van der Waals surface area contributed by atoms with E-state index in [1.165, 1.54) is 43.4 Å². The van der Waals surface area contributed by atoms with Gasteiger partial charge in [0.15, 0.2) is 5.13 Å². The van der Waals surface area contributed by atoms with Crippen LogP contribution in [0.2, 0.25) is 0 Å². The van der Waals surface area contributed by atoms with Crippen LogP contribution in [-0.2, 0) is 0 Å². The number of thiazole rings is 1. The van der Waals surface area contributed by atoms with Crippen LogP contribution in [0.1, 0.15) is 41.8 Å². The van der Waals surface area contributed by atoms with Gasteiger partial charge in [-0.25, -0.2) is 4.98 Å². The molecule has 7 heteroatoms. The lowest BCUT2D eigenvalue weighted by Gasteiger charge is -2.25. The molecule has 2 aliphatic rings. The highest BCUT2D eigenvalue weighted by molar-refractivity contribution is 7.18. The molecule has 1 aliphatic heterocycles. The van der Waals surface area contributed by atoms with Crippen molar-refractivity contribution in [2.45, 2.75) is 38.1 Å². The van der Waals surface area contributed by atoms with Crippen LogP contribution >= 0.6 is 11.3 Å². The molecule has 2 fully saturated rings. The summed E-state index contributed by atoms with van der Waals surface area (Å²) in [4.78, 5) is 19.3. The third-order valence-electron chi connectivity index (χ3n) is 4.20. The molecule has 6 nitrogen and oxygen atoms in total. The highest BCUT2D eigenvalue weighted by Gasteiger charge is 2.21. The van der Waals surface area contributed by atoms with Gasteiger partial charge in [0, 0.05) is 19.1 Å². The SMILES string of the molecule is Nc1nc(NC2CCC2)sc1C(=O)NCCN1CCCC1. The highest BCUT2D eigenvalue weighted by atomic mass is 32.1. The van der Waals surface area contributed by atoms with Crippen LogP contribution in [0, 0.1) is 0 Å². The van der Waals surface area contributed by atoms with Gasteiger partial charge in [-0.3, -0.25) is 4.79 Å². The number of nitrogens with two attached hydrogens (primary N) is 1. The van der Waals surface area contributed by atoms with Crippen molar-refractivity contribution in [2.75, 3.05) is 37.2 Å². The van der Waals surface area contributed by atoms with Crippen molar-refractivity contribution in [3.63, 3.8) is 0 Å². The van der Waals surface area contributed by atoms with Crippen LogP contribution in [0.15, 0.2) is 0 Å². The van der Waals surface area contributed by atoms with Gasteiger partial charge < -0.3 is 21.3 Å². The van der Waals surface area contributed by atoms with Gasteiger partial charge in [-0.1, -0.05) is 11.3 Å². The van der Waals surface area contributed by atoms with E-state index in [2.05, 4.69) is 20.5 Å². The molecule has 116 valence electrons. The van der Waals surface area contributed by atoms with Gasteiger partial charge in [-0.2, -0.15) is 0 Å². The lowest BCUT2D eigenvalue weighted by molar-refractivity contribution is 0.0954. The smallest absolute Gasteiger partial charge is 0.265 e. The monoisotopic (exact) mass is 309 g/mol. The third-order valence-corrected chi connectivity index (χ3v) is 5.21. The average molecular weight is 309 g/mol. The van der Waals surface area contributed by atoms with Gasteiger partial charge in [0.1, 0.15) is 10.7 Å². The molecule has 1 aromatic rings. The predicted molar refractivity (Wildman–Crippen MR) is 85.8 cm³/mol. The Balaban J connectivity index is 1.48. The van der Waals surface area contributed by atoms with Crippen LogP contribution in [0.25, 0.3) is 0 Å². The summed E-state index contributed by atoms with van der Waals surface area (Å²) in [6.45, 7) is 3.88. The molecule has 0 bridgehead atoms. The Hall–Kier alpha value is -1.34. The average Bonchev–Trinajstić information content (AvgIpc) is 3.03. The first kappa shape index (κ1) is 14.6. The maximum atomic E-state index is 12.2. The standard InChI is InChI=1S/C14H23N5OS/c15-12-11(21-14(18-12)17-10-4-3-5-10)13(20)16-6-9-19-7-1-2-8-19/h10H,1-9,15H2,(H,16,20)(H,17,18). The molecule has 21 heavy (non-hydrogen) atoms. The number of hydrogen-bond donors (Lipinski definition) is 3. The molecule has 1 saturated heterocycles. The van der Waals surface area contributed by atoms with Crippen molar-refractivity contribution in [1.82, 2.24) is 15.2 Å². The lowest BCUT2D eigenvalue weighted by Crippen LogP contribution is -2.33. The molecule has 1 amide bonds. The molecule has 1 saturated carbocycles. The van der Waals surface area contributed by atoms with E-state index < -0.39 is 0 Å². The lowest BCUT2D eigenvalue weighted by atomic mass is 9.93. The highest BCUT2D eigenvalue weighted by Crippen LogP contribution is 2.29. The maximum Gasteiger partial charge on any atom is 0.265 e. The summed E-state index contributed by atoms with van der Waals surface area (Å²) in [5.41, 5.74) is 5.86. The largest absolute Gasteiger partial charge is 0.382 e. The van der Waals surface area contributed by atoms with E-state index in [9.17, 15) is 4.79 Å². The molecule has 0 radical (unpaired) electrons. The van der Waals surface area contributed by atoms with Crippen LogP contribution in [0.5, 0.6) is 0 Å². The van der Waals surface area contributed by atoms with E-state index in [1.807, 2.05) is 0 Å². The summed E-state index contributed by atoms with van der Waals surface area (Å²) in [5.74, 6) is 0.228. The van der Waals surface area contributed by atoms with Gasteiger partial charge in [0.25, 0.3) is 5.91 Å². The second kappa shape index (κ2) is 6.62. The fourth-order valence-corrected chi connectivity index (χ4v) is 3.58. The minimum atomic E-state index is -0.106. The molecular weight excluding hydrogens is 286 g/mol. The summed E-state index contributed by atoms with van der Waals surface area (Å²) >= 11 is 1.36. The molecule has 1 aliphatic carbocycles. The summed E-state index contributed by atoms with van der Waals surface area (Å²) < 4.78 is 0. The number of aromatic nitrogens is 1. The molecule has 0 spiro atoms. The van der Waals surface area contributed by atoms with E-state index in [1.54, 1.807) is 0 Å². The molecule has 0 atom stereocenters.